The van der Waals surface area contributed by atoms with Crippen LogP contribution < -0.4 is 11.1 Å². The van der Waals surface area contributed by atoms with Gasteiger partial charge in [0.15, 0.2) is 0 Å². The highest BCUT2D eigenvalue weighted by atomic mass is 35.5. The Kier molecular flexibility index (Phi) is 5.89. The Hall–Kier alpha value is -0.640. The van der Waals surface area contributed by atoms with Crippen LogP contribution >= 0.6 is 23.2 Å². The summed E-state index contributed by atoms with van der Waals surface area (Å²) in [4.78, 5) is 0. The molecule has 1 unspecified atom stereocenters. The number of aliphatic hydroxyl groups is 1. The van der Waals surface area contributed by atoms with Gasteiger partial charge in [-0.1, -0.05) is 30.1 Å². The van der Waals surface area contributed by atoms with E-state index in [1.165, 1.54) is 0 Å². The van der Waals surface area contributed by atoms with Crippen molar-refractivity contribution >= 4 is 34.6 Å². The summed E-state index contributed by atoms with van der Waals surface area (Å²) in [6.07, 6.45) is 1.95. The van der Waals surface area contributed by atoms with Crippen LogP contribution in [0.1, 0.15) is 19.8 Å². The van der Waals surface area contributed by atoms with Gasteiger partial charge in [-0.25, -0.2) is 0 Å². The van der Waals surface area contributed by atoms with Crippen molar-refractivity contribution in [3.63, 3.8) is 0 Å². The van der Waals surface area contributed by atoms with Crippen LogP contribution in [0.15, 0.2) is 12.1 Å². The fourth-order valence-electron chi connectivity index (χ4n) is 1.48. The number of nitrogens with one attached hydrogen (secondary N) is 1. The molecule has 0 aliphatic rings. The molecule has 0 fully saturated rings. The van der Waals surface area contributed by atoms with Gasteiger partial charge in [0.05, 0.1) is 21.4 Å². The first-order chi connectivity index (χ1) is 8.04. The van der Waals surface area contributed by atoms with Gasteiger partial charge in [0.1, 0.15) is 0 Å². The molecule has 0 radical (unpaired) electrons. The summed E-state index contributed by atoms with van der Waals surface area (Å²) in [7, 11) is 0. The van der Waals surface area contributed by atoms with E-state index in [0.29, 0.717) is 21.7 Å². The van der Waals surface area contributed by atoms with Crippen molar-refractivity contribution < 1.29 is 5.11 Å². The molecule has 0 aliphatic carbocycles. The molecule has 3 nitrogen and oxygen atoms in total. The molecule has 1 aromatic rings. The number of halogens is 2. The first kappa shape index (κ1) is 14.4. The van der Waals surface area contributed by atoms with Crippen molar-refractivity contribution in [2.75, 3.05) is 24.2 Å². The molecule has 4 N–H and O–H groups in total. The van der Waals surface area contributed by atoms with E-state index >= 15 is 0 Å². The monoisotopic (exact) mass is 276 g/mol. The molecule has 0 aliphatic heterocycles. The molecule has 96 valence electrons. The number of aliphatic hydroxyl groups excluding tert-OH is 1. The topological polar surface area (TPSA) is 58.3 Å². The van der Waals surface area contributed by atoms with Crippen molar-refractivity contribution in [1.82, 2.24) is 0 Å². The molecule has 17 heavy (non-hydrogen) atoms. The molecule has 0 aromatic heterocycles. The van der Waals surface area contributed by atoms with E-state index in [1.54, 1.807) is 12.1 Å². The lowest BCUT2D eigenvalue weighted by atomic mass is 10.1. The molecular weight excluding hydrogens is 259 g/mol. The second kappa shape index (κ2) is 6.94. The van der Waals surface area contributed by atoms with E-state index in [4.69, 9.17) is 34.0 Å². The van der Waals surface area contributed by atoms with Crippen LogP contribution in [-0.4, -0.2) is 18.3 Å². The minimum Gasteiger partial charge on any atom is -0.397 e. The Labute approximate surface area is 112 Å². The van der Waals surface area contributed by atoms with Gasteiger partial charge in [-0.3, -0.25) is 0 Å². The number of rotatable bonds is 6. The van der Waals surface area contributed by atoms with E-state index < -0.39 is 0 Å². The van der Waals surface area contributed by atoms with E-state index in [0.717, 1.165) is 25.1 Å². The van der Waals surface area contributed by atoms with Gasteiger partial charge in [-0.2, -0.15) is 0 Å². The fourth-order valence-corrected chi connectivity index (χ4v) is 1.82. The number of benzene rings is 1. The number of nitrogen functional groups attached to an aromatic ring is 1. The molecular formula is C12H18Cl2N2O. The molecule has 0 saturated heterocycles. The summed E-state index contributed by atoms with van der Waals surface area (Å²) in [6, 6.07) is 3.37. The van der Waals surface area contributed by atoms with Crippen molar-refractivity contribution in [2.24, 2.45) is 5.92 Å². The van der Waals surface area contributed by atoms with Crippen molar-refractivity contribution in [1.29, 1.82) is 0 Å². The first-order valence-corrected chi connectivity index (χ1v) is 6.39. The summed E-state index contributed by atoms with van der Waals surface area (Å²) < 4.78 is 0. The molecule has 0 heterocycles. The predicted octanol–water partition coefficient (Wildman–Crippen LogP) is 3.40. The van der Waals surface area contributed by atoms with Crippen LogP contribution in [0.5, 0.6) is 0 Å². The second-order valence-electron chi connectivity index (χ2n) is 4.21. The normalized spacial score (nSPS) is 12.5. The predicted molar refractivity (Wildman–Crippen MR) is 74.8 cm³/mol. The maximum Gasteiger partial charge on any atom is 0.0614 e. The van der Waals surface area contributed by atoms with Crippen LogP contribution in [0.3, 0.4) is 0 Å². The standard InChI is InChI=1S/C12H18Cl2N2O/c1-8(7-17)3-2-4-16-12-6-10(14)9(13)5-11(12)15/h5-6,8,16-17H,2-4,7,15H2,1H3. The number of anilines is 2. The van der Waals surface area contributed by atoms with Crippen LogP contribution in [0.4, 0.5) is 11.4 Å². The SMILES string of the molecule is CC(CO)CCCNc1cc(Cl)c(Cl)cc1N. The summed E-state index contributed by atoms with van der Waals surface area (Å²) in [5, 5.41) is 13.1. The van der Waals surface area contributed by atoms with Gasteiger partial charge in [0.2, 0.25) is 0 Å². The first-order valence-electron chi connectivity index (χ1n) is 5.63. The molecule has 1 rings (SSSR count). The van der Waals surface area contributed by atoms with Gasteiger partial charge >= 0.3 is 0 Å². The van der Waals surface area contributed by atoms with Crippen LogP contribution in [-0.2, 0) is 0 Å². The summed E-state index contributed by atoms with van der Waals surface area (Å²) in [6.45, 7) is 3.05. The van der Waals surface area contributed by atoms with Gasteiger partial charge in [-0.05, 0) is 30.9 Å². The number of hydrogen-bond acceptors (Lipinski definition) is 3. The second-order valence-corrected chi connectivity index (χ2v) is 5.02. The smallest absolute Gasteiger partial charge is 0.0614 e. The van der Waals surface area contributed by atoms with Crippen LogP contribution in [0.2, 0.25) is 10.0 Å². The third-order valence-electron chi connectivity index (χ3n) is 2.59. The maximum atomic E-state index is 8.89. The largest absolute Gasteiger partial charge is 0.397 e. The average molecular weight is 277 g/mol. The van der Waals surface area contributed by atoms with Crippen LogP contribution in [0.25, 0.3) is 0 Å². The van der Waals surface area contributed by atoms with Gasteiger partial charge < -0.3 is 16.2 Å². The van der Waals surface area contributed by atoms with E-state index in [2.05, 4.69) is 5.32 Å². The fraction of sp³-hybridized carbons (Fsp3) is 0.500. The highest BCUT2D eigenvalue weighted by Gasteiger charge is 2.05. The molecule has 5 heteroatoms. The summed E-state index contributed by atoms with van der Waals surface area (Å²) in [5.41, 5.74) is 7.21. The highest BCUT2D eigenvalue weighted by molar-refractivity contribution is 6.42. The van der Waals surface area contributed by atoms with E-state index in [1.807, 2.05) is 6.92 Å². The zero-order valence-corrected chi connectivity index (χ0v) is 11.4. The lowest BCUT2D eigenvalue weighted by molar-refractivity contribution is 0.229. The minimum atomic E-state index is 0.231. The summed E-state index contributed by atoms with van der Waals surface area (Å²) >= 11 is 11.8. The lowest BCUT2D eigenvalue weighted by Gasteiger charge is -2.12. The molecule has 0 bridgehead atoms. The third kappa shape index (κ3) is 4.62. The molecule has 0 spiro atoms. The Balaban J connectivity index is 2.44. The summed E-state index contributed by atoms with van der Waals surface area (Å²) in [5.74, 6) is 0.336. The van der Waals surface area contributed by atoms with Crippen molar-refractivity contribution in [2.45, 2.75) is 19.8 Å². The number of hydrogen-bond donors (Lipinski definition) is 3. The average Bonchev–Trinajstić information content (AvgIpc) is 2.30. The van der Waals surface area contributed by atoms with E-state index in [-0.39, 0.29) is 6.61 Å². The zero-order chi connectivity index (χ0) is 12.8. The maximum absolute atomic E-state index is 8.89. The molecule has 0 saturated carbocycles. The van der Waals surface area contributed by atoms with Gasteiger partial charge in [0.25, 0.3) is 0 Å². The third-order valence-corrected chi connectivity index (χ3v) is 3.32. The Bertz CT molecular complexity index is 372. The number of nitrogens with two attached hydrogens (primary N) is 1. The minimum absolute atomic E-state index is 0.231. The highest BCUT2D eigenvalue weighted by Crippen LogP contribution is 2.30. The van der Waals surface area contributed by atoms with Gasteiger partial charge in [0, 0.05) is 13.2 Å². The molecule has 1 atom stereocenters. The van der Waals surface area contributed by atoms with E-state index in [9.17, 15) is 0 Å². The Morgan fingerprint density at radius 1 is 1.35 bits per heavy atom. The lowest BCUT2D eigenvalue weighted by Crippen LogP contribution is -2.07. The van der Waals surface area contributed by atoms with Crippen LogP contribution in [0, 0.1) is 5.92 Å². The Morgan fingerprint density at radius 3 is 2.65 bits per heavy atom. The quantitative estimate of drug-likeness (QED) is 0.551. The zero-order valence-electron chi connectivity index (χ0n) is 9.84. The van der Waals surface area contributed by atoms with Crippen molar-refractivity contribution in [3.05, 3.63) is 22.2 Å². The molecule has 1 aromatic carbocycles. The van der Waals surface area contributed by atoms with Gasteiger partial charge in [-0.15, -0.1) is 0 Å². The molecule has 0 amide bonds. The van der Waals surface area contributed by atoms with Crippen molar-refractivity contribution in [3.8, 4) is 0 Å². The Morgan fingerprint density at radius 2 is 2.00 bits per heavy atom.